The number of aryl methyl sites for hydroxylation is 1. The standard InChI is InChI=1S/C18H23ClN4O2/c1-12-2-3-15(9-16(12)19)23-6-4-13(5-7-23)22-17(18(24)25)8-14-10-20-11-21-14/h2-3,9-11,13,17,22H,4-8H2,1H3,(H,20,21)(H,24,25). The molecule has 1 atom stereocenters. The van der Waals surface area contributed by atoms with Crippen LogP contribution in [0.15, 0.2) is 30.7 Å². The second-order valence-electron chi connectivity index (χ2n) is 6.53. The monoisotopic (exact) mass is 362 g/mol. The van der Waals surface area contributed by atoms with Gasteiger partial charge in [0.15, 0.2) is 0 Å². The van der Waals surface area contributed by atoms with Gasteiger partial charge in [-0.25, -0.2) is 4.98 Å². The third-order valence-electron chi connectivity index (χ3n) is 4.73. The molecule has 0 radical (unpaired) electrons. The van der Waals surface area contributed by atoms with Crippen molar-refractivity contribution >= 4 is 23.3 Å². The molecule has 2 aromatic rings. The lowest BCUT2D eigenvalue weighted by atomic mass is 10.0. The number of carbonyl (C=O) groups is 1. The topological polar surface area (TPSA) is 81.2 Å². The molecule has 1 unspecified atom stereocenters. The molecule has 25 heavy (non-hydrogen) atoms. The van der Waals surface area contributed by atoms with Crippen LogP contribution in [0.2, 0.25) is 5.02 Å². The molecule has 0 bridgehead atoms. The highest BCUT2D eigenvalue weighted by Crippen LogP contribution is 2.25. The largest absolute Gasteiger partial charge is 0.480 e. The Kier molecular flexibility index (Phi) is 5.60. The lowest BCUT2D eigenvalue weighted by molar-refractivity contribution is -0.139. The number of aromatic amines is 1. The summed E-state index contributed by atoms with van der Waals surface area (Å²) in [6.07, 6.45) is 5.44. The highest BCUT2D eigenvalue weighted by atomic mass is 35.5. The molecule has 1 aliphatic rings. The Morgan fingerprint density at radius 1 is 1.48 bits per heavy atom. The van der Waals surface area contributed by atoms with E-state index < -0.39 is 12.0 Å². The molecular formula is C18H23ClN4O2. The van der Waals surface area contributed by atoms with E-state index >= 15 is 0 Å². The lowest BCUT2D eigenvalue weighted by Crippen LogP contribution is -2.49. The fraction of sp³-hybridized carbons (Fsp3) is 0.444. The lowest BCUT2D eigenvalue weighted by Gasteiger charge is -2.35. The summed E-state index contributed by atoms with van der Waals surface area (Å²) in [6, 6.07) is 5.72. The van der Waals surface area contributed by atoms with Crippen molar-refractivity contribution in [2.75, 3.05) is 18.0 Å². The number of carboxylic acids is 1. The first-order chi connectivity index (χ1) is 12.0. The fourth-order valence-corrected chi connectivity index (χ4v) is 3.38. The summed E-state index contributed by atoms with van der Waals surface area (Å²) in [5, 5.41) is 13.5. The molecule has 3 rings (SSSR count). The summed E-state index contributed by atoms with van der Waals surface area (Å²) in [5.74, 6) is -0.831. The SMILES string of the molecule is Cc1ccc(N2CCC(NC(Cc3cnc[nH]3)C(=O)O)CC2)cc1Cl. The average Bonchev–Trinajstić information content (AvgIpc) is 3.10. The van der Waals surface area contributed by atoms with Crippen LogP contribution in [0.4, 0.5) is 5.69 Å². The number of nitrogens with one attached hydrogen (secondary N) is 2. The molecule has 0 amide bonds. The van der Waals surface area contributed by atoms with Gasteiger partial charge in [-0.2, -0.15) is 0 Å². The predicted octanol–water partition coefficient (Wildman–Crippen LogP) is 2.63. The van der Waals surface area contributed by atoms with Crippen molar-refractivity contribution in [1.82, 2.24) is 15.3 Å². The van der Waals surface area contributed by atoms with Crippen LogP contribution in [0, 0.1) is 6.92 Å². The van der Waals surface area contributed by atoms with Crippen LogP contribution < -0.4 is 10.2 Å². The Hall–Kier alpha value is -2.05. The van der Waals surface area contributed by atoms with Crippen molar-refractivity contribution in [2.24, 2.45) is 0 Å². The molecule has 1 fully saturated rings. The normalized spacial score (nSPS) is 16.8. The van der Waals surface area contributed by atoms with E-state index in [0.717, 1.165) is 47.9 Å². The number of carboxylic acid groups (broad SMARTS) is 1. The minimum absolute atomic E-state index is 0.196. The summed E-state index contributed by atoms with van der Waals surface area (Å²) >= 11 is 6.22. The number of imidazole rings is 1. The first kappa shape index (κ1) is 17.8. The number of benzene rings is 1. The number of aromatic nitrogens is 2. The van der Waals surface area contributed by atoms with Crippen LogP contribution in [-0.4, -0.2) is 46.2 Å². The van der Waals surface area contributed by atoms with Gasteiger partial charge in [-0.15, -0.1) is 0 Å². The zero-order valence-corrected chi connectivity index (χ0v) is 15.0. The number of hydrogen-bond donors (Lipinski definition) is 3. The van der Waals surface area contributed by atoms with Crippen molar-refractivity contribution in [1.29, 1.82) is 0 Å². The minimum atomic E-state index is -0.831. The van der Waals surface area contributed by atoms with E-state index in [4.69, 9.17) is 11.6 Å². The zero-order valence-electron chi connectivity index (χ0n) is 14.2. The molecule has 1 aliphatic heterocycles. The minimum Gasteiger partial charge on any atom is -0.480 e. The van der Waals surface area contributed by atoms with Crippen molar-refractivity contribution < 1.29 is 9.90 Å². The number of hydrogen-bond acceptors (Lipinski definition) is 4. The van der Waals surface area contributed by atoms with Gasteiger partial charge in [0.1, 0.15) is 6.04 Å². The quantitative estimate of drug-likeness (QED) is 0.736. The second-order valence-corrected chi connectivity index (χ2v) is 6.94. The zero-order chi connectivity index (χ0) is 17.8. The molecule has 0 spiro atoms. The number of anilines is 1. The van der Waals surface area contributed by atoms with Gasteiger partial charge in [-0.1, -0.05) is 17.7 Å². The number of piperidine rings is 1. The molecule has 7 heteroatoms. The predicted molar refractivity (Wildman–Crippen MR) is 98.3 cm³/mol. The van der Waals surface area contributed by atoms with E-state index in [0.29, 0.717) is 6.42 Å². The maximum atomic E-state index is 11.5. The van der Waals surface area contributed by atoms with Crippen LogP contribution >= 0.6 is 11.6 Å². The van der Waals surface area contributed by atoms with Crippen LogP contribution in [0.5, 0.6) is 0 Å². The van der Waals surface area contributed by atoms with Crippen LogP contribution in [0.1, 0.15) is 24.1 Å². The fourth-order valence-electron chi connectivity index (χ4n) is 3.20. The summed E-state index contributed by atoms with van der Waals surface area (Å²) in [7, 11) is 0. The Balaban J connectivity index is 1.55. The van der Waals surface area contributed by atoms with Gasteiger partial charge in [0.05, 0.1) is 6.33 Å². The van der Waals surface area contributed by atoms with Crippen LogP contribution in [0.3, 0.4) is 0 Å². The first-order valence-electron chi connectivity index (χ1n) is 8.50. The van der Waals surface area contributed by atoms with Crippen molar-refractivity contribution in [3.05, 3.63) is 47.0 Å². The molecule has 1 aromatic heterocycles. The molecule has 0 aliphatic carbocycles. The van der Waals surface area contributed by atoms with Crippen LogP contribution in [0.25, 0.3) is 0 Å². The smallest absolute Gasteiger partial charge is 0.321 e. The van der Waals surface area contributed by atoms with E-state index in [9.17, 15) is 9.90 Å². The molecule has 6 nitrogen and oxygen atoms in total. The summed E-state index contributed by atoms with van der Waals surface area (Å²) in [5.41, 5.74) is 3.03. The van der Waals surface area contributed by atoms with E-state index in [1.807, 2.05) is 19.1 Å². The molecule has 1 saturated heterocycles. The molecule has 2 heterocycles. The van der Waals surface area contributed by atoms with Gasteiger partial charge < -0.3 is 20.3 Å². The number of H-pyrrole nitrogens is 1. The third-order valence-corrected chi connectivity index (χ3v) is 5.14. The first-order valence-corrected chi connectivity index (χ1v) is 8.88. The maximum absolute atomic E-state index is 11.5. The molecule has 3 N–H and O–H groups in total. The maximum Gasteiger partial charge on any atom is 0.321 e. The molecule has 134 valence electrons. The van der Waals surface area contributed by atoms with E-state index in [1.54, 1.807) is 12.5 Å². The van der Waals surface area contributed by atoms with Crippen molar-refractivity contribution in [3.8, 4) is 0 Å². The Labute approximate surface area is 152 Å². The Morgan fingerprint density at radius 3 is 2.84 bits per heavy atom. The summed E-state index contributed by atoms with van der Waals surface area (Å²) in [6.45, 7) is 3.76. The molecular weight excluding hydrogens is 340 g/mol. The van der Waals surface area contributed by atoms with Gasteiger partial charge in [0.2, 0.25) is 0 Å². The number of nitrogens with zero attached hydrogens (tertiary/aromatic N) is 2. The average molecular weight is 363 g/mol. The van der Waals surface area contributed by atoms with E-state index in [2.05, 4.69) is 26.3 Å². The van der Waals surface area contributed by atoms with E-state index in [-0.39, 0.29) is 6.04 Å². The highest BCUT2D eigenvalue weighted by molar-refractivity contribution is 6.31. The van der Waals surface area contributed by atoms with Gasteiger partial charge >= 0.3 is 5.97 Å². The third kappa shape index (κ3) is 4.52. The van der Waals surface area contributed by atoms with Crippen molar-refractivity contribution in [3.63, 3.8) is 0 Å². The van der Waals surface area contributed by atoms with Crippen LogP contribution in [-0.2, 0) is 11.2 Å². The summed E-state index contributed by atoms with van der Waals surface area (Å²) in [4.78, 5) is 20.7. The van der Waals surface area contributed by atoms with Gasteiger partial charge in [-0.3, -0.25) is 4.79 Å². The number of aliphatic carboxylic acids is 1. The summed E-state index contributed by atoms with van der Waals surface area (Å²) < 4.78 is 0. The van der Waals surface area contributed by atoms with Gasteiger partial charge in [-0.05, 0) is 37.5 Å². The second kappa shape index (κ2) is 7.89. The Morgan fingerprint density at radius 2 is 2.24 bits per heavy atom. The highest BCUT2D eigenvalue weighted by Gasteiger charge is 2.26. The molecule has 0 saturated carbocycles. The Bertz CT molecular complexity index is 712. The number of rotatable bonds is 6. The number of halogens is 1. The van der Waals surface area contributed by atoms with Gasteiger partial charge in [0.25, 0.3) is 0 Å². The van der Waals surface area contributed by atoms with Crippen molar-refractivity contribution in [2.45, 2.75) is 38.3 Å². The molecule has 1 aromatic carbocycles. The van der Waals surface area contributed by atoms with Gasteiger partial charge in [0, 0.05) is 48.2 Å². The van der Waals surface area contributed by atoms with E-state index in [1.165, 1.54) is 0 Å².